The number of pyridine rings is 6. The molecule has 734 valence electrons. The van der Waals surface area contributed by atoms with E-state index < -0.39 is 23.9 Å². The number of aliphatic carboxylic acids is 4. The maximum Gasteiger partial charge on any atom is 0.303 e. The molecule has 6 aromatic carbocycles. The van der Waals surface area contributed by atoms with Crippen molar-refractivity contribution >= 4 is 154 Å². The monoisotopic (exact) mass is 1980 g/mol. The molecule has 0 aliphatic carbocycles. The Labute approximate surface area is 835 Å². The van der Waals surface area contributed by atoms with Crippen LogP contribution in [-0.2, 0) is 59.8 Å². The molecule has 9 N–H and O–H groups in total. The zero-order valence-corrected chi connectivity index (χ0v) is 81.0. The first-order valence-corrected chi connectivity index (χ1v) is 46.7. The van der Waals surface area contributed by atoms with Crippen LogP contribution in [0.2, 0.25) is 15.1 Å². The molecule has 0 radical (unpaired) electrons. The molecule has 3 atom stereocenters. The lowest BCUT2D eigenvalue weighted by Crippen LogP contribution is -2.23. The van der Waals surface area contributed by atoms with Crippen LogP contribution in [0.25, 0.3) is 32.7 Å². The van der Waals surface area contributed by atoms with Gasteiger partial charge in [-0.15, -0.1) is 0 Å². The summed E-state index contributed by atoms with van der Waals surface area (Å²) in [5.41, 5.74) is 10.5. The van der Waals surface area contributed by atoms with Gasteiger partial charge in [0.05, 0.1) is 139 Å². The smallest absolute Gasteiger partial charge is 0.303 e. The summed E-state index contributed by atoms with van der Waals surface area (Å²) < 4.78 is 35.1. The number of ketones is 1. The summed E-state index contributed by atoms with van der Waals surface area (Å²) in [6.07, 6.45) is 25.8. The number of nitrogens with one attached hydrogen (secondary N) is 5. The highest BCUT2D eigenvalue weighted by Crippen LogP contribution is 2.42. The molecule has 3 fully saturated rings. The first-order chi connectivity index (χ1) is 68.6. The normalized spacial score (nSPS) is 14.3. The lowest BCUT2D eigenvalue weighted by molar-refractivity contribution is -0.143. The molecule has 12 aromatic rings. The molecule has 0 saturated carbocycles. The number of carboxylic acids is 4. The first-order valence-electron chi connectivity index (χ1n) is 45.5. The quantitative estimate of drug-likeness (QED) is 0.0163. The van der Waals surface area contributed by atoms with Gasteiger partial charge in [-0.1, -0.05) is 71.2 Å². The Bertz CT molecular complexity index is 6070. The number of benzene rings is 6. The van der Waals surface area contributed by atoms with E-state index in [2.05, 4.69) is 111 Å². The van der Waals surface area contributed by atoms with E-state index in [1.54, 1.807) is 97.5 Å². The Balaban J connectivity index is 0.000000188. The zero-order chi connectivity index (χ0) is 102. The van der Waals surface area contributed by atoms with Gasteiger partial charge in [0, 0.05) is 131 Å². The fraction of sp³-hybridized carbons (Fsp3) is 0.276. The van der Waals surface area contributed by atoms with Crippen LogP contribution in [-0.4, -0.2) is 185 Å². The number of carbonyl (C=O) groups excluding carboxylic acids is 3. The Hall–Kier alpha value is -15.9. The van der Waals surface area contributed by atoms with Gasteiger partial charge >= 0.3 is 23.9 Å². The number of aromatic nitrogens is 6. The van der Waals surface area contributed by atoms with Gasteiger partial charge in [-0.3, -0.25) is 78.2 Å². The second-order valence-electron chi connectivity index (χ2n) is 32.5. The maximum atomic E-state index is 13.0. The molecule has 3 aliphatic rings. The number of amides is 2. The summed E-state index contributed by atoms with van der Waals surface area (Å²) in [5, 5.41) is 80.4. The second kappa shape index (κ2) is 53.9. The lowest BCUT2D eigenvalue weighted by Gasteiger charge is -2.17. The van der Waals surface area contributed by atoms with Gasteiger partial charge in [0.2, 0.25) is 11.8 Å². The van der Waals surface area contributed by atoms with Crippen molar-refractivity contribution in [2.45, 2.75) is 129 Å². The largest absolute Gasteiger partial charge is 0.494 e. The molecule has 9 heterocycles. The number of anilines is 8. The Kier molecular flexibility index (Phi) is 40.5. The highest BCUT2D eigenvalue weighted by molar-refractivity contribution is 6.33. The summed E-state index contributed by atoms with van der Waals surface area (Å²) in [7, 11) is 6.19. The van der Waals surface area contributed by atoms with Crippen molar-refractivity contribution in [2.75, 3.05) is 87.2 Å². The molecule has 37 heteroatoms. The van der Waals surface area contributed by atoms with Gasteiger partial charge in [0.25, 0.3) is 0 Å². The number of halogens is 3. The molecule has 0 unspecified atom stereocenters. The van der Waals surface area contributed by atoms with Crippen LogP contribution in [0.5, 0.6) is 34.5 Å². The molecule has 142 heavy (non-hydrogen) atoms. The second-order valence-corrected chi connectivity index (χ2v) is 33.7. The molecular weight excluding hydrogens is 1880 g/mol. The number of ether oxygens (including phenoxy) is 6. The van der Waals surface area contributed by atoms with Crippen molar-refractivity contribution in [1.82, 2.24) is 44.6 Å². The van der Waals surface area contributed by atoms with E-state index in [1.165, 1.54) is 18.6 Å². The number of nitrogens with zero attached hydrogens (tertiary/aromatic N) is 12. The molecule has 3 saturated heterocycles. The third-order valence-electron chi connectivity index (χ3n) is 22.3. The van der Waals surface area contributed by atoms with Crippen LogP contribution in [0.4, 0.5) is 45.5 Å². The predicted octanol–water partition coefficient (Wildman–Crippen LogP) is 19.4. The van der Waals surface area contributed by atoms with E-state index in [0.717, 1.165) is 80.8 Å². The van der Waals surface area contributed by atoms with Crippen LogP contribution in [0.3, 0.4) is 0 Å². The number of fused-ring (bicyclic) bond motifs is 3. The number of nitriles is 3. The average molecular weight is 1980 g/mol. The Morgan fingerprint density at radius 3 is 1.01 bits per heavy atom. The number of likely N-dealkylation sites (N-methyl/N-ethyl adjacent to an activating group) is 3. The summed E-state index contributed by atoms with van der Waals surface area (Å²) in [4.78, 5) is 110. The van der Waals surface area contributed by atoms with Gasteiger partial charge in [0.1, 0.15) is 72.5 Å². The van der Waals surface area contributed by atoms with Crippen LogP contribution < -0.4 is 55.0 Å². The van der Waals surface area contributed by atoms with Crippen LogP contribution >= 0.6 is 34.8 Å². The third-order valence-corrected chi connectivity index (χ3v) is 23.2. The van der Waals surface area contributed by atoms with Gasteiger partial charge in [0.15, 0.2) is 5.78 Å². The fourth-order valence-corrected chi connectivity index (χ4v) is 15.8. The predicted molar refractivity (Wildman–Crippen MR) is 542 cm³/mol. The molecule has 2 amide bonds. The number of allylic oxidation sites excluding steroid dienone is 1. The SMILES string of the molecule is CCOc1cc2ncc(C#N)c(Nc3ccc(OCc4ccccn4)c(Cl)c3)c2cc1CC(=O)/C=C/[C@H]1CCCN1C.CCOc1cc2ncc(C#N)c(Nc3ccc(OCc4ccccn4)c(Cl)c3)c2cc1NC(=O)/C=C/[C@H]1CCCN1C.CCOc1cc2ncc(C#N)c(Nc3ccc(OCc4ccccn4)c(Cl)c3)c2cc1NC(=O)/C=C/[C@H]1CCCN1C.O=C(O)CCC(=O)O.O=C(O)CCC(=O)O. The Morgan fingerprint density at radius 2 is 0.718 bits per heavy atom. The standard InChI is InChI=1S/C33H32ClN5O3.2C32H31ClN6O3.2C4H6O4/c1-3-41-32-18-30-28(16-22(32)15-27(40)11-10-26-8-6-14-39(26)2)33(23(19-35)20-37-30)38-24-9-12-31(29(34)17-24)42-21-25-7-4-5-13-36-25;2*1-3-41-30-17-27-25(16-28(30)38-31(40)12-10-24-8-6-14-39(24)2)32(21(18-34)19-36-27)37-22-9-11-29(26(33)15-22)42-20-23-7-4-5-13-35-23;2*5-3(6)1-2-4(7)8/h4-5,7,9-13,16-18,20,26H,3,6,8,14-15,21H2,1-2H3,(H,37,38);2*4-5,7,9-13,15-17,19,24H,3,6,8,14,20H2,1-2H3,(H,36,37)(H,38,40);2*1-2H2,(H,5,6)(H,7,8)/b11-10+;2*12-10+;;/t26-;2*24-;;/m111../s1. The van der Waals surface area contributed by atoms with Gasteiger partial charge < -0.3 is 75.4 Å². The number of rotatable bonds is 37. The van der Waals surface area contributed by atoms with E-state index in [9.17, 15) is 49.3 Å². The topological polar surface area (TPSA) is 474 Å². The number of hydrogen-bond acceptors (Lipinski definition) is 28. The molecule has 34 nitrogen and oxygen atoms in total. The summed E-state index contributed by atoms with van der Waals surface area (Å²) in [6.45, 7) is 10.8. The average Bonchev–Trinajstić information content (AvgIpc) is 0.880. The number of hydrogen-bond donors (Lipinski definition) is 9. The molecule has 6 aromatic heterocycles. The third kappa shape index (κ3) is 31.8. The van der Waals surface area contributed by atoms with Gasteiger partial charge in [-0.2, -0.15) is 15.8 Å². The van der Waals surface area contributed by atoms with E-state index in [4.69, 9.17) is 83.7 Å². The molecule has 3 aliphatic heterocycles. The summed E-state index contributed by atoms with van der Waals surface area (Å²) in [5.74, 6) is -1.72. The minimum Gasteiger partial charge on any atom is -0.494 e. The van der Waals surface area contributed by atoms with Crippen molar-refractivity contribution in [3.63, 3.8) is 0 Å². The highest BCUT2D eigenvalue weighted by atomic mass is 35.5. The molecular formula is C105H106Cl3N17O17. The van der Waals surface area contributed by atoms with Crippen LogP contribution in [0.1, 0.15) is 124 Å². The van der Waals surface area contributed by atoms with E-state index >= 15 is 0 Å². The number of carboxylic acid groups (broad SMARTS) is 4. The fourth-order valence-electron chi connectivity index (χ4n) is 15.1. The highest BCUT2D eigenvalue weighted by Gasteiger charge is 2.26. The molecule has 0 bridgehead atoms. The summed E-state index contributed by atoms with van der Waals surface area (Å²) in [6, 6.07) is 51.0. The van der Waals surface area contributed by atoms with E-state index in [1.807, 2.05) is 124 Å². The van der Waals surface area contributed by atoms with Crippen molar-refractivity contribution < 1.29 is 82.4 Å². The number of carbonyl (C=O) groups is 7. The van der Waals surface area contributed by atoms with Crippen molar-refractivity contribution in [3.8, 4) is 52.7 Å². The maximum absolute atomic E-state index is 13.0. The lowest BCUT2D eigenvalue weighted by atomic mass is 10.0. The zero-order valence-electron chi connectivity index (χ0n) is 78.8. The molecule has 15 rings (SSSR count). The van der Waals surface area contributed by atoms with Crippen molar-refractivity contribution in [3.05, 3.63) is 274 Å². The molecule has 0 spiro atoms. The summed E-state index contributed by atoms with van der Waals surface area (Å²) >= 11 is 19.6. The van der Waals surface area contributed by atoms with Crippen molar-refractivity contribution in [1.29, 1.82) is 15.8 Å². The van der Waals surface area contributed by atoms with Crippen molar-refractivity contribution in [2.24, 2.45) is 0 Å². The van der Waals surface area contributed by atoms with Crippen LogP contribution in [0.15, 0.2) is 219 Å². The Morgan fingerprint density at radius 1 is 0.401 bits per heavy atom. The van der Waals surface area contributed by atoms with E-state index in [-0.39, 0.29) is 87.6 Å². The number of likely N-dealkylation sites (tertiary alicyclic amines) is 3. The van der Waals surface area contributed by atoms with E-state index in [0.29, 0.717) is 164 Å². The van der Waals surface area contributed by atoms with Gasteiger partial charge in [-0.25, -0.2) is 0 Å². The van der Waals surface area contributed by atoms with Crippen LogP contribution in [0, 0.1) is 34.0 Å². The minimum atomic E-state index is -1.08. The van der Waals surface area contributed by atoms with Gasteiger partial charge in [-0.05, 0) is 215 Å². The minimum absolute atomic E-state index is 0.0115. The first kappa shape index (κ1) is 107.